The maximum Gasteiger partial charge on any atom is 0.293 e. The van der Waals surface area contributed by atoms with Crippen LogP contribution in [0.2, 0.25) is 5.02 Å². The molecule has 0 heterocycles. The number of nitro benzene ring substituents is 1. The molecule has 0 bridgehead atoms. The number of aryl methyl sites for hydroxylation is 1. The van der Waals surface area contributed by atoms with Gasteiger partial charge in [-0.1, -0.05) is 35.9 Å². The van der Waals surface area contributed by atoms with Gasteiger partial charge in [-0.25, -0.2) is 0 Å². The molecule has 0 saturated carbocycles. The number of amides is 1. The van der Waals surface area contributed by atoms with E-state index in [2.05, 4.69) is 5.32 Å². The molecule has 0 radical (unpaired) electrons. The van der Waals surface area contributed by atoms with Crippen molar-refractivity contribution in [2.75, 3.05) is 11.9 Å². The highest BCUT2D eigenvalue weighted by Gasteiger charge is 2.18. The average Bonchev–Trinajstić information content (AvgIpc) is 2.84. The van der Waals surface area contributed by atoms with E-state index in [1.54, 1.807) is 43.3 Å². The van der Waals surface area contributed by atoms with Gasteiger partial charge < -0.3 is 14.8 Å². The lowest BCUT2D eigenvalue weighted by Crippen LogP contribution is -2.14. The Morgan fingerprint density at radius 2 is 1.86 bits per heavy atom. The minimum atomic E-state index is -0.763. The SMILES string of the molecule is CCOc1cc(/C=C(\C#N)C(=O)Nc2ccc(C)cc2[N+](=O)[O-])ccc1OCc1ccc(Cl)cc1. The molecule has 35 heavy (non-hydrogen) atoms. The Balaban J connectivity index is 1.81. The van der Waals surface area contributed by atoms with Gasteiger partial charge in [0.25, 0.3) is 11.6 Å². The van der Waals surface area contributed by atoms with E-state index in [0.29, 0.717) is 40.9 Å². The summed E-state index contributed by atoms with van der Waals surface area (Å²) in [6.45, 7) is 4.22. The monoisotopic (exact) mass is 491 g/mol. The molecule has 0 unspecified atom stereocenters. The van der Waals surface area contributed by atoms with Gasteiger partial charge in [-0.3, -0.25) is 14.9 Å². The molecular weight excluding hydrogens is 470 g/mol. The molecule has 9 heteroatoms. The Kier molecular flexibility index (Phi) is 8.43. The number of anilines is 1. The molecule has 0 spiro atoms. The average molecular weight is 492 g/mol. The summed E-state index contributed by atoms with van der Waals surface area (Å²) in [5.41, 5.74) is 1.65. The predicted octanol–water partition coefficient (Wildman–Crippen LogP) is 6.08. The third kappa shape index (κ3) is 6.82. The molecule has 0 atom stereocenters. The van der Waals surface area contributed by atoms with Crippen LogP contribution in [0.15, 0.2) is 66.2 Å². The van der Waals surface area contributed by atoms with Crippen LogP contribution >= 0.6 is 11.6 Å². The number of nitrogens with one attached hydrogen (secondary N) is 1. The molecule has 0 aromatic heterocycles. The van der Waals surface area contributed by atoms with E-state index in [-0.39, 0.29) is 16.9 Å². The first-order chi connectivity index (χ1) is 16.8. The van der Waals surface area contributed by atoms with Crippen LogP contribution in [0.1, 0.15) is 23.6 Å². The van der Waals surface area contributed by atoms with Gasteiger partial charge in [0.15, 0.2) is 11.5 Å². The third-order valence-corrected chi connectivity index (χ3v) is 5.10. The van der Waals surface area contributed by atoms with Crippen molar-refractivity contribution in [3.8, 4) is 17.6 Å². The molecule has 0 aliphatic rings. The van der Waals surface area contributed by atoms with Crippen molar-refractivity contribution in [3.63, 3.8) is 0 Å². The Labute approximate surface area is 207 Å². The zero-order valence-electron chi connectivity index (χ0n) is 19.1. The quantitative estimate of drug-likeness (QED) is 0.168. The molecule has 3 rings (SSSR count). The van der Waals surface area contributed by atoms with E-state index >= 15 is 0 Å². The molecule has 1 N–H and O–H groups in total. The smallest absolute Gasteiger partial charge is 0.293 e. The summed E-state index contributed by atoms with van der Waals surface area (Å²) in [7, 11) is 0. The second kappa shape index (κ2) is 11.7. The highest BCUT2D eigenvalue weighted by molar-refractivity contribution is 6.30. The normalized spacial score (nSPS) is 10.9. The lowest BCUT2D eigenvalue weighted by Gasteiger charge is -2.13. The van der Waals surface area contributed by atoms with Crippen LogP contribution in [-0.4, -0.2) is 17.4 Å². The molecule has 3 aromatic rings. The molecule has 0 fully saturated rings. The van der Waals surface area contributed by atoms with Gasteiger partial charge in [0.05, 0.1) is 11.5 Å². The largest absolute Gasteiger partial charge is 0.490 e. The van der Waals surface area contributed by atoms with Crippen molar-refractivity contribution in [1.29, 1.82) is 5.26 Å². The third-order valence-electron chi connectivity index (χ3n) is 4.85. The number of hydrogen-bond donors (Lipinski definition) is 1. The number of carbonyl (C=O) groups is 1. The number of nitro groups is 1. The fourth-order valence-electron chi connectivity index (χ4n) is 3.15. The molecular formula is C26H22ClN3O5. The van der Waals surface area contributed by atoms with E-state index in [4.69, 9.17) is 21.1 Å². The van der Waals surface area contributed by atoms with Crippen LogP contribution in [0.3, 0.4) is 0 Å². The second-order valence-electron chi connectivity index (χ2n) is 7.46. The zero-order valence-corrected chi connectivity index (χ0v) is 19.8. The maximum atomic E-state index is 12.7. The summed E-state index contributed by atoms with van der Waals surface area (Å²) < 4.78 is 11.6. The van der Waals surface area contributed by atoms with Crippen molar-refractivity contribution >= 4 is 35.0 Å². The van der Waals surface area contributed by atoms with Crippen LogP contribution in [0.4, 0.5) is 11.4 Å². The summed E-state index contributed by atoms with van der Waals surface area (Å²) in [6.07, 6.45) is 1.38. The van der Waals surface area contributed by atoms with Crippen LogP contribution in [0.5, 0.6) is 11.5 Å². The van der Waals surface area contributed by atoms with Crippen molar-refractivity contribution in [2.24, 2.45) is 0 Å². The molecule has 1 amide bonds. The Morgan fingerprint density at radius 1 is 1.11 bits per heavy atom. The number of ether oxygens (including phenoxy) is 2. The summed E-state index contributed by atoms with van der Waals surface area (Å²) >= 11 is 5.91. The summed E-state index contributed by atoms with van der Waals surface area (Å²) in [4.78, 5) is 23.4. The number of carbonyl (C=O) groups excluding carboxylic acids is 1. The van der Waals surface area contributed by atoms with E-state index < -0.39 is 10.8 Å². The summed E-state index contributed by atoms with van der Waals surface area (Å²) in [5.74, 6) is 0.180. The van der Waals surface area contributed by atoms with Gasteiger partial charge in [0.2, 0.25) is 0 Å². The standard InChI is InChI=1S/C26H22ClN3O5/c1-3-34-25-14-19(7-11-24(25)35-16-18-5-8-21(27)9-6-18)13-20(15-28)26(31)29-22-10-4-17(2)12-23(22)30(32)33/h4-14H,3,16H2,1-2H3,(H,29,31)/b20-13+. The molecule has 178 valence electrons. The van der Waals surface area contributed by atoms with Gasteiger partial charge in [-0.05, 0) is 66.9 Å². The highest BCUT2D eigenvalue weighted by Crippen LogP contribution is 2.31. The maximum absolute atomic E-state index is 12.7. The zero-order chi connectivity index (χ0) is 25.4. The van der Waals surface area contributed by atoms with Crippen LogP contribution in [0, 0.1) is 28.4 Å². The highest BCUT2D eigenvalue weighted by atomic mass is 35.5. The molecule has 0 aliphatic heterocycles. The molecule has 8 nitrogen and oxygen atoms in total. The van der Waals surface area contributed by atoms with Crippen molar-refractivity contribution < 1.29 is 19.2 Å². The first kappa shape index (κ1) is 25.3. The number of rotatable bonds is 9. The number of nitriles is 1. The molecule has 0 saturated heterocycles. The van der Waals surface area contributed by atoms with Gasteiger partial charge in [-0.2, -0.15) is 5.26 Å². The minimum Gasteiger partial charge on any atom is -0.490 e. The van der Waals surface area contributed by atoms with E-state index in [1.165, 1.54) is 18.2 Å². The molecule has 3 aromatic carbocycles. The van der Waals surface area contributed by atoms with Gasteiger partial charge in [-0.15, -0.1) is 0 Å². The van der Waals surface area contributed by atoms with Crippen LogP contribution in [-0.2, 0) is 11.4 Å². The lowest BCUT2D eigenvalue weighted by atomic mass is 10.1. The summed E-state index contributed by atoms with van der Waals surface area (Å²) in [6, 6.07) is 18.5. The van der Waals surface area contributed by atoms with E-state index in [9.17, 15) is 20.2 Å². The fourth-order valence-corrected chi connectivity index (χ4v) is 3.27. The predicted molar refractivity (Wildman–Crippen MR) is 133 cm³/mol. The lowest BCUT2D eigenvalue weighted by molar-refractivity contribution is -0.384. The first-order valence-corrected chi connectivity index (χ1v) is 11.0. The fraction of sp³-hybridized carbons (Fsp3) is 0.154. The second-order valence-corrected chi connectivity index (χ2v) is 7.89. The van der Waals surface area contributed by atoms with Crippen LogP contribution < -0.4 is 14.8 Å². The van der Waals surface area contributed by atoms with Crippen LogP contribution in [0.25, 0.3) is 6.08 Å². The van der Waals surface area contributed by atoms with E-state index in [1.807, 2.05) is 25.1 Å². The number of halogens is 1. The number of hydrogen-bond acceptors (Lipinski definition) is 6. The molecule has 0 aliphatic carbocycles. The van der Waals surface area contributed by atoms with Gasteiger partial charge in [0, 0.05) is 11.1 Å². The van der Waals surface area contributed by atoms with Crippen molar-refractivity contribution in [3.05, 3.63) is 98.1 Å². The first-order valence-electron chi connectivity index (χ1n) is 10.6. The van der Waals surface area contributed by atoms with Gasteiger partial charge >= 0.3 is 0 Å². The Bertz CT molecular complexity index is 1310. The Morgan fingerprint density at radius 3 is 2.51 bits per heavy atom. The Hall–Kier alpha value is -4.35. The minimum absolute atomic E-state index is 0.00713. The van der Waals surface area contributed by atoms with Crippen molar-refractivity contribution in [2.45, 2.75) is 20.5 Å². The summed E-state index contributed by atoms with van der Waals surface area (Å²) in [5, 5.41) is 23.9. The van der Waals surface area contributed by atoms with E-state index in [0.717, 1.165) is 5.56 Å². The number of nitrogens with zero attached hydrogens (tertiary/aromatic N) is 2. The van der Waals surface area contributed by atoms with Gasteiger partial charge in [0.1, 0.15) is 23.9 Å². The number of benzene rings is 3. The topological polar surface area (TPSA) is 114 Å². The van der Waals surface area contributed by atoms with Crippen molar-refractivity contribution in [1.82, 2.24) is 0 Å².